The first kappa shape index (κ1) is 13.6. The zero-order chi connectivity index (χ0) is 12.6. The summed E-state index contributed by atoms with van der Waals surface area (Å²) < 4.78 is 0. The molecule has 0 bridgehead atoms. The van der Waals surface area contributed by atoms with Crippen LogP contribution in [0.2, 0.25) is 0 Å². The molecule has 1 nitrogen and oxygen atoms in total. The van der Waals surface area contributed by atoms with E-state index in [4.69, 9.17) is 0 Å². The van der Waals surface area contributed by atoms with Crippen molar-refractivity contribution in [2.45, 2.75) is 45.4 Å². The molecule has 100 valence electrons. The van der Waals surface area contributed by atoms with Crippen LogP contribution in [0.25, 0.3) is 0 Å². The minimum Gasteiger partial charge on any atom is -0.316 e. The third-order valence-electron chi connectivity index (χ3n) is 4.23. The zero-order valence-electron chi connectivity index (χ0n) is 11.7. The lowest BCUT2D eigenvalue weighted by atomic mass is 9.83. The van der Waals surface area contributed by atoms with Crippen LogP contribution in [0.5, 0.6) is 0 Å². The van der Waals surface area contributed by atoms with E-state index < -0.39 is 0 Å². The van der Waals surface area contributed by atoms with Gasteiger partial charge in [-0.25, -0.2) is 0 Å². The summed E-state index contributed by atoms with van der Waals surface area (Å²) in [6.07, 6.45) is 8.22. The molecular formula is C17H27N. The van der Waals surface area contributed by atoms with E-state index in [-0.39, 0.29) is 0 Å². The predicted octanol–water partition coefficient (Wildman–Crippen LogP) is 4.04. The van der Waals surface area contributed by atoms with Crippen molar-refractivity contribution in [3.63, 3.8) is 0 Å². The SMILES string of the molecule is CC1CCC(CNCCCc2ccccc2)CC1. The topological polar surface area (TPSA) is 12.0 Å². The monoisotopic (exact) mass is 245 g/mol. The number of nitrogens with one attached hydrogen (secondary N) is 1. The molecule has 2 rings (SSSR count). The van der Waals surface area contributed by atoms with E-state index >= 15 is 0 Å². The zero-order valence-corrected chi connectivity index (χ0v) is 11.7. The van der Waals surface area contributed by atoms with Crippen molar-refractivity contribution in [1.29, 1.82) is 0 Å². The molecule has 0 aromatic heterocycles. The molecule has 18 heavy (non-hydrogen) atoms. The normalized spacial score (nSPS) is 24.1. The van der Waals surface area contributed by atoms with Gasteiger partial charge in [-0.1, -0.05) is 50.1 Å². The van der Waals surface area contributed by atoms with Gasteiger partial charge >= 0.3 is 0 Å². The van der Waals surface area contributed by atoms with Crippen molar-refractivity contribution in [1.82, 2.24) is 5.32 Å². The molecule has 0 saturated heterocycles. The minimum absolute atomic E-state index is 0.943. The first-order valence-corrected chi connectivity index (χ1v) is 7.59. The smallest absolute Gasteiger partial charge is 0.00205 e. The number of rotatable bonds is 6. The molecule has 1 N–H and O–H groups in total. The van der Waals surface area contributed by atoms with Crippen LogP contribution in [0.4, 0.5) is 0 Å². The average Bonchev–Trinajstić information content (AvgIpc) is 2.42. The average molecular weight is 245 g/mol. The lowest BCUT2D eigenvalue weighted by Gasteiger charge is -2.26. The lowest BCUT2D eigenvalue weighted by molar-refractivity contribution is 0.282. The summed E-state index contributed by atoms with van der Waals surface area (Å²) in [7, 11) is 0. The van der Waals surface area contributed by atoms with E-state index in [1.54, 1.807) is 0 Å². The van der Waals surface area contributed by atoms with Crippen molar-refractivity contribution in [2.75, 3.05) is 13.1 Å². The molecule has 0 spiro atoms. The molecule has 1 heteroatoms. The summed E-state index contributed by atoms with van der Waals surface area (Å²) in [4.78, 5) is 0. The molecule has 0 aliphatic heterocycles. The van der Waals surface area contributed by atoms with Crippen LogP contribution in [0.15, 0.2) is 30.3 Å². The fourth-order valence-corrected chi connectivity index (χ4v) is 2.90. The van der Waals surface area contributed by atoms with Crippen molar-refractivity contribution >= 4 is 0 Å². The molecule has 1 aliphatic carbocycles. The Hall–Kier alpha value is -0.820. The molecule has 0 radical (unpaired) electrons. The highest BCUT2D eigenvalue weighted by atomic mass is 14.9. The van der Waals surface area contributed by atoms with Crippen LogP contribution >= 0.6 is 0 Å². The van der Waals surface area contributed by atoms with Crippen molar-refractivity contribution < 1.29 is 0 Å². The van der Waals surface area contributed by atoms with Crippen molar-refractivity contribution in [3.05, 3.63) is 35.9 Å². The quantitative estimate of drug-likeness (QED) is 0.746. The van der Waals surface area contributed by atoms with Gasteiger partial charge in [0.1, 0.15) is 0 Å². The Kier molecular flexibility index (Phi) is 5.73. The highest BCUT2D eigenvalue weighted by Crippen LogP contribution is 2.27. The fourth-order valence-electron chi connectivity index (χ4n) is 2.90. The Bertz CT molecular complexity index is 312. The summed E-state index contributed by atoms with van der Waals surface area (Å²) in [6, 6.07) is 10.8. The van der Waals surface area contributed by atoms with E-state index in [1.807, 2.05) is 0 Å². The molecule has 1 aromatic rings. The molecule has 1 fully saturated rings. The van der Waals surface area contributed by atoms with Gasteiger partial charge in [0.05, 0.1) is 0 Å². The molecule has 1 aromatic carbocycles. The summed E-state index contributed by atoms with van der Waals surface area (Å²) in [5, 5.41) is 3.64. The Morgan fingerprint density at radius 1 is 1.06 bits per heavy atom. The molecule has 0 heterocycles. The molecule has 0 unspecified atom stereocenters. The van der Waals surface area contributed by atoms with Crippen LogP contribution in [0.3, 0.4) is 0 Å². The maximum Gasteiger partial charge on any atom is -0.00205 e. The van der Waals surface area contributed by atoms with Gasteiger partial charge in [0, 0.05) is 0 Å². The van der Waals surface area contributed by atoms with E-state index in [0.29, 0.717) is 0 Å². The first-order chi connectivity index (χ1) is 8.84. The Labute approximate surface area is 112 Å². The third kappa shape index (κ3) is 4.81. The van der Waals surface area contributed by atoms with E-state index in [2.05, 4.69) is 42.6 Å². The maximum absolute atomic E-state index is 3.64. The summed E-state index contributed by atoms with van der Waals surface area (Å²) >= 11 is 0. The van der Waals surface area contributed by atoms with E-state index in [0.717, 1.165) is 11.8 Å². The van der Waals surface area contributed by atoms with Crippen LogP contribution < -0.4 is 5.32 Å². The van der Waals surface area contributed by atoms with Gasteiger partial charge in [-0.2, -0.15) is 0 Å². The third-order valence-corrected chi connectivity index (χ3v) is 4.23. The van der Waals surface area contributed by atoms with Crippen LogP contribution in [0.1, 0.15) is 44.6 Å². The highest BCUT2D eigenvalue weighted by molar-refractivity contribution is 5.14. The van der Waals surface area contributed by atoms with Crippen LogP contribution in [-0.4, -0.2) is 13.1 Å². The maximum atomic E-state index is 3.64. The van der Waals surface area contributed by atoms with Gasteiger partial charge in [-0.05, 0) is 56.2 Å². The van der Waals surface area contributed by atoms with Crippen molar-refractivity contribution in [2.24, 2.45) is 11.8 Å². The second kappa shape index (κ2) is 7.58. The first-order valence-electron chi connectivity index (χ1n) is 7.59. The van der Waals surface area contributed by atoms with Gasteiger partial charge in [0.2, 0.25) is 0 Å². The number of benzene rings is 1. The molecule has 0 amide bonds. The van der Waals surface area contributed by atoms with Gasteiger partial charge in [0.25, 0.3) is 0 Å². The Balaban J connectivity index is 1.51. The van der Waals surface area contributed by atoms with Crippen molar-refractivity contribution in [3.8, 4) is 0 Å². The second-order valence-corrected chi connectivity index (χ2v) is 5.92. The number of hydrogen-bond donors (Lipinski definition) is 1. The summed E-state index contributed by atoms with van der Waals surface area (Å²) in [5.74, 6) is 1.91. The van der Waals surface area contributed by atoms with Gasteiger partial charge in [-0.15, -0.1) is 0 Å². The fraction of sp³-hybridized carbons (Fsp3) is 0.647. The van der Waals surface area contributed by atoms with Gasteiger partial charge in [-0.3, -0.25) is 0 Å². The lowest BCUT2D eigenvalue weighted by Crippen LogP contribution is -2.27. The Morgan fingerprint density at radius 3 is 2.50 bits per heavy atom. The summed E-state index contributed by atoms with van der Waals surface area (Å²) in [6.45, 7) is 4.80. The number of aryl methyl sites for hydroxylation is 1. The molecular weight excluding hydrogens is 218 g/mol. The molecule has 1 saturated carbocycles. The standard InChI is InChI=1S/C17H27N/c1-15-9-11-17(12-10-15)14-18-13-5-8-16-6-3-2-4-7-16/h2-4,6-7,15,17-18H,5,8-14H2,1H3. The molecule has 0 atom stereocenters. The second-order valence-electron chi connectivity index (χ2n) is 5.92. The van der Waals surface area contributed by atoms with Crippen LogP contribution in [-0.2, 0) is 6.42 Å². The predicted molar refractivity (Wildman–Crippen MR) is 78.8 cm³/mol. The van der Waals surface area contributed by atoms with Gasteiger partial charge in [0.15, 0.2) is 0 Å². The largest absolute Gasteiger partial charge is 0.316 e. The van der Waals surface area contributed by atoms with E-state index in [9.17, 15) is 0 Å². The van der Waals surface area contributed by atoms with E-state index in [1.165, 1.54) is 57.2 Å². The Morgan fingerprint density at radius 2 is 1.78 bits per heavy atom. The van der Waals surface area contributed by atoms with Crippen LogP contribution in [0, 0.1) is 11.8 Å². The number of hydrogen-bond acceptors (Lipinski definition) is 1. The van der Waals surface area contributed by atoms with Gasteiger partial charge < -0.3 is 5.32 Å². The molecule has 1 aliphatic rings. The highest BCUT2D eigenvalue weighted by Gasteiger charge is 2.17. The minimum atomic E-state index is 0.943. The summed E-state index contributed by atoms with van der Waals surface area (Å²) in [5.41, 5.74) is 1.46.